The van der Waals surface area contributed by atoms with Crippen molar-refractivity contribution in [3.8, 4) is 0 Å². The van der Waals surface area contributed by atoms with Crippen molar-refractivity contribution in [3.63, 3.8) is 0 Å². The van der Waals surface area contributed by atoms with Crippen LogP contribution in [0.3, 0.4) is 0 Å². The van der Waals surface area contributed by atoms with Crippen LogP contribution in [-0.2, 0) is 4.79 Å². The van der Waals surface area contributed by atoms with E-state index >= 15 is 0 Å². The van der Waals surface area contributed by atoms with Gasteiger partial charge in [-0.3, -0.25) is 19.7 Å². The maximum Gasteiger partial charge on any atom is 0.274 e. The number of Topliss-reactive ketones (excluding diaryl/α,β-unsaturated/α-hetero) is 1. The number of nitro benzene ring substituents is 1. The molecule has 0 unspecified atom stereocenters. The van der Waals surface area contributed by atoms with Crippen molar-refractivity contribution in [2.75, 3.05) is 17.2 Å². The lowest BCUT2D eigenvalue weighted by Gasteiger charge is -2.11. The molecule has 2 aromatic rings. The summed E-state index contributed by atoms with van der Waals surface area (Å²) in [6, 6.07) is 11.4. The average molecular weight is 327 g/mol. The molecule has 0 aliphatic rings. The summed E-state index contributed by atoms with van der Waals surface area (Å²) in [6.45, 7) is 2.96. The van der Waals surface area contributed by atoms with Crippen LogP contribution in [0.2, 0.25) is 0 Å². The van der Waals surface area contributed by atoms with Crippen molar-refractivity contribution in [2.24, 2.45) is 0 Å². The van der Waals surface area contributed by atoms with Gasteiger partial charge in [-0.2, -0.15) is 0 Å². The molecule has 2 rings (SSSR count). The summed E-state index contributed by atoms with van der Waals surface area (Å²) in [5.41, 5.74) is 1.78. The van der Waals surface area contributed by atoms with E-state index in [9.17, 15) is 19.7 Å². The van der Waals surface area contributed by atoms with Crippen molar-refractivity contribution in [2.45, 2.75) is 13.8 Å². The van der Waals surface area contributed by atoms with Gasteiger partial charge in [0.25, 0.3) is 5.69 Å². The highest BCUT2D eigenvalue weighted by atomic mass is 16.6. The number of hydrogen-bond donors (Lipinski definition) is 2. The molecule has 0 fully saturated rings. The first kappa shape index (κ1) is 17.1. The number of nitrogens with zero attached hydrogens (tertiary/aromatic N) is 1. The van der Waals surface area contributed by atoms with E-state index in [0.717, 1.165) is 0 Å². The molecule has 0 aliphatic carbocycles. The zero-order chi connectivity index (χ0) is 17.7. The summed E-state index contributed by atoms with van der Waals surface area (Å²) in [4.78, 5) is 34.0. The zero-order valence-electron chi connectivity index (χ0n) is 13.3. The van der Waals surface area contributed by atoms with Crippen LogP contribution in [0.4, 0.5) is 17.1 Å². The SMILES string of the molecule is CC(=O)c1ccccc1NCC(=O)Nc1cccc([N+](=O)[O-])c1C. The fraction of sp³-hybridized carbons (Fsp3) is 0.176. The van der Waals surface area contributed by atoms with Gasteiger partial charge in [0, 0.05) is 17.3 Å². The molecule has 2 N–H and O–H groups in total. The van der Waals surface area contributed by atoms with Crippen LogP contribution in [-0.4, -0.2) is 23.2 Å². The van der Waals surface area contributed by atoms with Crippen LogP contribution >= 0.6 is 0 Å². The second-order valence-corrected chi connectivity index (χ2v) is 5.21. The number of ketones is 1. The van der Waals surface area contributed by atoms with Gasteiger partial charge in [-0.1, -0.05) is 18.2 Å². The summed E-state index contributed by atoms with van der Waals surface area (Å²) in [7, 11) is 0. The van der Waals surface area contributed by atoms with Crippen molar-refractivity contribution >= 4 is 28.8 Å². The maximum atomic E-state index is 12.1. The average Bonchev–Trinajstić information content (AvgIpc) is 2.54. The lowest BCUT2D eigenvalue weighted by atomic mass is 10.1. The van der Waals surface area contributed by atoms with Gasteiger partial charge in [-0.25, -0.2) is 0 Å². The highest BCUT2D eigenvalue weighted by Gasteiger charge is 2.15. The lowest BCUT2D eigenvalue weighted by molar-refractivity contribution is -0.385. The molecule has 0 radical (unpaired) electrons. The maximum absolute atomic E-state index is 12.1. The van der Waals surface area contributed by atoms with E-state index in [1.165, 1.54) is 19.1 Å². The lowest BCUT2D eigenvalue weighted by Crippen LogP contribution is -2.23. The number of para-hydroxylation sites is 1. The first-order valence-corrected chi connectivity index (χ1v) is 7.28. The first-order valence-electron chi connectivity index (χ1n) is 7.28. The monoisotopic (exact) mass is 327 g/mol. The number of rotatable bonds is 6. The fourth-order valence-corrected chi connectivity index (χ4v) is 2.27. The Balaban J connectivity index is 2.06. The third-order valence-electron chi connectivity index (χ3n) is 3.52. The summed E-state index contributed by atoms with van der Waals surface area (Å²) in [5, 5.41) is 16.5. The van der Waals surface area contributed by atoms with Crippen LogP contribution in [0.5, 0.6) is 0 Å². The zero-order valence-corrected chi connectivity index (χ0v) is 13.3. The van der Waals surface area contributed by atoms with Gasteiger partial charge in [0.15, 0.2) is 5.78 Å². The summed E-state index contributed by atoms with van der Waals surface area (Å²) in [5.74, 6) is -0.468. The molecular weight excluding hydrogens is 310 g/mol. The highest BCUT2D eigenvalue weighted by Crippen LogP contribution is 2.25. The van der Waals surface area contributed by atoms with Gasteiger partial charge in [0.1, 0.15) is 0 Å². The number of nitro groups is 1. The Morgan fingerprint density at radius 2 is 1.75 bits per heavy atom. The molecule has 0 aliphatic heterocycles. The second kappa shape index (κ2) is 7.36. The Labute approximate surface area is 138 Å². The van der Waals surface area contributed by atoms with E-state index in [0.29, 0.717) is 22.5 Å². The predicted octanol–water partition coefficient (Wildman–Crippen LogP) is 3.16. The van der Waals surface area contributed by atoms with Crippen molar-refractivity contribution in [3.05, 3.63) is 63.7 Å². The van der Waals surface area contributed by atoms with Gasteiger partial charge >= 0.3 is 0 Å². The minimum Gasteiger partial charge on any atom is -0.376 e. The van der Waals surface area contributed by atoms with Crippen molar-refractivity contribution in [1.29, 1.82) is 0 Å². The van der Waals surface area contributed by atoms with E-state index < -0.39 is 4.92 Å². The van der Waals surface area contributed by atoms with Crippen LogP contribution in [0, 0.1) is 17.0 Å². The Kier molecular flexibility index (Phi) is 5.26. The van der Waals surface area contributed by atoms with Crippen LogP contribution in [0.1, 0.15) is 22.8 Å². The molecule has 0 saturated carbocycles. The van der Waals surface area contributed by atoms with Crippen molar-refractivity contribution in [1.82, 2.24) is 0 Å². The third kappa shape index (κ3) is 3.95. The van der Waals surface area contributed by atoms with E-state index in [2.05, 4.69) is 10.6 Å². The summed E-state index contributed by atoms with van der Waals surface area (Å²) in [6.07, 6.45) is 0. The van der Waals surface area contributed by atoms with Gasteiger partial charge < -0.3 is 10.6 Å². The first-order chi connectivity index (χ1) is 11.4. The van der Waals surface area contributed by atoms with Crippen LogP contribution in [0.15, 0.2) is 42.5 Å². The Morgan fingerprint density at radius 1 is 1.08 bits per heavy atom. The Hall–Kier alpha value is -3.22. The standard InChI is InChI=1S/C17H17N3O4/c1-11-14(8-5-9-16(11)20(23)24)19-17(22)10-18-15-7-4-3-6-13(15)12(2)21/h3-9,18H,10H2,1-2H3,(H,19,22). The fourth-order valence-electron chi connectivity index (χ4n) is 2.27. The van der Waals surface area contributed by atoms with E-state index in [1.807, 2.05) is 0 Å². The number of nitrogens with one attached hydrogen (secondary N) is 2. The van der Waals surface area contributed by atoms with Gasteiger partial charge in [-0.15, -0.1) is 0 Å². The number of carbonyl (C=O) groups is 2. The molecule has 2 aromatic carbocycles. The smallest absolute Gasteiger partial charge is 0.274 e. The Morgan fingerprint density at radius 3 is 2.42 bits per heavy atom. The normalized spacial score (nSPS) is 10.1. The van der Waals surface area contributed by atoms with Crippen molar-refractivity contribution < 1.29 is 14.5 Å². The predicted molar refractivity (Wildman–Crippen MR) is 91.4 cm³/mol. The summed E-state index contributed by atoms with van der Waals surface area (Å²) < 4.78 is 0. The van der Waals surface area contributed by atoms with Gasteiger partial charge in [-0.05, 0) is 32.0 Å². The van der Waals surface area contributed by atoms with Gasteiger partial charge in [0.2, 0.25) is 5.91 Å². The number of hydrogen-bond acceptors (Lipinski definition) is 5. The molecule has 7 nitrogen and oxygen atoms in total. The number of amides is 1. The number of carbonyl (C=O) groups excluding carboxylic acids is 2. The number of anilines is 2. The molecule has 0 heterocycles. The molecule has 7 heteroatoms. The number of benzene rings is 2. The van der Waals surface area contributed by atoms with E-state index in [1.54, 1.807) is 37.3 Å². The molecular formula is C17H17N3O4. The van der Waals surface area contributed by atoms with Crippen LogP contribution < -0.4 is 10.6 Å². The molecule has 0 bridgehead atoms. The van der Waals surface area contributed by atoms with Crippen LogP contribution in [0.25, 0.3) is 0 Å². The molecule has 1 amide bonds. The molecule has 0 atom stereocenters. The molecule has 0 aromatic heterocycles. The largest absolute Gasteiger partial charge is 0.376 e. The minimum absolute atomic E-state index is 0.0531. The van der Waals surface area contributed by atoms with E-state index in [-0.39, 0.29) is 23.9 Å². The topological polar surface area (TPSA) is 101 Å². The third-order valence-corrected chi connectivity index (χ3v) is 3.52. The quantitative estimate of drug-likeness (QED) is 0.482. The summed E-state index contributed by atoms with van der Waals surface area (Å²) >= 11 is 0. The van der Waals surface area contributed by atoms with E-state index in [4.69, 9.17) is 0 Å². The molecule has 124 valence electrons. The highest BCUT2D eigenvalue weighted by molar-refractivity contribution is 6.01. The Bertz CT molecular complexity index is 802. The second-order valence-electron chi connectivity index (χ2n) is 5.21. The molecule has 0 saturated heterocycles. The van der Waals surface area contributed by atoms with Gasteiger partial charge in [0.05, 0.1) is 22.7 Å². The molecule has 24 heavy (non-hydrogen) atoms. The minimum atomic E-state index is -0.494. The molecule has 0 spiro atoms.